The number of benzene rings is 1. The molecule has 1 aromatic heterocycles. The molecule has 78 valence electrons. The van der Waals surface area contributed by atoms with Gasteiger partial charge in [-0.25, -0.2) is 4.68 Å². The van der Waals surface area contributed by atoms with Gasteiger partial charge in [0.2, 0.25) is 0 Å². The molecule has 0 bridgehead atoms. The third kappa shape index (κ3) is 2.36. The highest BCUT2D eigenvalue weighted by Crippen LogP contribution is 2.23. The summed E-state index contributed by atoms with van der Waals surface area (Å²) in [5.74, 6) is 0. The van der Waals surface area contributed by atoms with Crippen LogP contribution in [0.25, 0.3) is 5.69 Å². The molecule has 0 saturated heterocycles. The lowest BCUT2D eigenvalue weighted by Crippen LogP contribution is -1.95. The fourth-order valence-corrected chi connectivity index (χ4v) is 2.03. The normalized spacial score (nSPS) is 10.6. The van der Waals surface area contributed by atoms with Crippen LogP contribution < -0.4 is 0 Å². The summed E-state index contributed by atoms with van der Waals surface area (Å²) in [6, 6.07) is 5.81. The van der Waals surface area contributed by atoms with Gasteiger partial charge < -0.3 is 0 Å². The predicted molar refractivity (Wildman–Crippen MR) is 66.2 cm³/mol. The van der Waals surface area contributed by atoms with Crippen LogP contribution in [0.5, 0.6) is 0 Å². The van der Waals surface area contributed by atoms with E-state index in [2.05, 4.69) is 21.0 Å². The third-order valence-electron chi connectivity index (χ3n) is 1.96. The van der Waals surface area contributed by atoms with Gasteiger partial charge in [-0.1, -0.05) is 45.2 Å². The van der Waals surface area contributed by atoms with E-state index in [0.717, 1.165) is 16.6 Å². The molecular formula is C10H7BrCl2N2. The zero-order chi connectivity index (χ0) is 10.8. The third-order valence-corrected chi connectivity index (χ3v) is 3.11. The van der Waals surface area contributed by atoms with Crippen LogP contribution in [0.3, 0.4) is 0 Å². The molecule has 0 unspecified atom stereocenters. The van der Waals surface area contributed by atoms with Crippen molar-refractivity contribution in [3.8, 4) is 5.69 Å². The number of halogens is 3. The molecule has 1 heterocycles. The molecule has 0 fully saturated rings. The fraction of sp³-hybridized carbons (Fsp3) is 0.100. The molecule has 5 heteroatoms. The number of alkyl halides is 1. The second kappa shape index (κ2) is 4.56. The van der Waals surface area contributed by atoms with E-state index in [9.17, 15) is 0 Å². The lowest BCUT2D eigenvalue weighted by Gasteiger charge is -2.05. The largest absolute Gasteiger partial charge is 0.238 e. The van der Waals surface area contributed by atoms with Crippen molar-refractivity contribution in [3.05, 3.63) is 46.2 Å². The topological polar surface area (TPSA) is 17.8 Å². The lowest BCUT2D eigenvalue weighted by atomic mass is 10.2. The van der Waals surface area contributed by atoms with Crippen molar-refractivity contribution in [1.29, 1.82) is 0 Å². The Kier molecular flexibility index (Phi) is 3.34. The number of hydrogen-bond acceptors (Lipinski definition) is 1. The van der Waals surface area contributed by atoms with Gasteiger partial charge in [0, 0.05) is 11.5 Å². The Morgan fingerprint density at radius 2 is 2.13 bits per heavy atom. The summed E-state index contributed by atoms with van der Waals surface area (Å²) < 4.78 is 1.66. The first-order valence-corrected chi connectivity index (χ1v) is 6.13. The van der Waals surface area contributed by atoms with Crippen LogP contribution in [0.4, 0.5) is 0 Å². The Morgan fingerprint density at radius 1 is 1.33 bits per heavy atom. The molecule has 2 aromatic rings. The first kappa shape index (κ1) is 11.0. The van der Waals surface area contributed by atoms with E-state index in [1.165, 1.54) is 0 Å². The van der Waals surface area contributed by atoms with E-state index in [0.29, 0.717) is 10.0 Å². The maximum Gasteiger partial charge on any atom is 0.0832 e. The molecular weight excluding hydrogens is 299 g/mol. The second-order valence-electron chi connectivity index (χ2n) is 3.02. The van der Waals surface area contributed by atoms with E-state index >= 15 is 0 Å². The Bertz CT molecular complexity index is 482. The molecule has 15 heavy (non-hydrogen) atoms. The average Bonchev–Trinajstić information content (AvgIpc) is 2.64. The highest BCUT2D eigenvalue weighted by atomic mass is 79.9. The maximum absolute atomic E-state index is 6.13. The van der Waals surface area contributed by atoms with Gasteiger partial charge in [0.1, 0.15) is 0 Å². The highest BCUT2D eigenvalue weighted by Gasteiger charge is 2.05. The molecule has 0 aliphatic heterocycles. The first-order chi connectivity index (χ1) is 7.20. The number of nitrogens with zero attached hydrogens (tertiary/aromatic N) is 2. The molecule has 2 nitrogen and oxygen atoms in total. The van der Waals surface area contributed by atoms with E-state index in [1.54, 1.807) is 17.1 Å². The van der Waals surface area contributed by atoms with E-state index in [-0.39, 0.29) is 0 Å². The van der Waals surface area contributed by atoms with Crippen molar-refractivity contribution >= 4 is 39.1 Å². The second-order valence-corrected chi connectivity index (χ2v) is 4.43. The van der Waals surface area contributed by atoms with Crippen LogP contribution in [0, 0.1) is 0 Å². The average molecular weight is 306 g/mol. The molecule has 0 radical (unpaired) electrons. The Hall–Kier alpha value is -0.510. The summed E-state index contributed by atoms with van der Waals surface area (Å²) in [5.41, 5.74) is 1.95. The van der Waals surface area contributed by atoms with Gasteiger partial charge in [-0.2, -0.15) is 5.10 Å². The summed E-state index contributed by atoms with van der Waals surface area (Å²) in [4.78, 5) is 0. The van der Waals surface area contributed by atoms with Crippen LogP contribution in [0.15, 0.2) is 30.6 Å². The summed E-state index contributed by atoms with van der Waals surface area (Å²) in [5, 5.41) is 6.13. The first-order valence-electron chi connectivity index (χ1n) is 4.25. The standard InChI is InChI=1S/C10H7BrCl2N2/c11-4-7-1-2-10(9(13)3-7)15-6-8(12)5-14-15/h1-3,5-6H,4H2. The molecule has 0 atom stereocenters. The zero-order valence-electron chi connectivity index (χ0n) is 7.62. The fourth-order valence-electron chi connectivity index (χ4n) is 1.25. The molecule has 0 spiro atoms. The number of aromatic nitrogens is 2. The van der Waals surface area contributed by atoms with E-state index < -0.39 is 0 Å². The SMILES string of the molecule is Clc1cnn(-c2ccc(CBr)cc2Cl)c1. The maximum atomic E-state index is 6.13. The molecule has 0 saturated carbocycles. The summed E-state index contributed by atoms with van der Waals surface area (Å²) in [7, 11) is 0. The molecule has 0 aliphatic carbocycles. The van der Waals surface area contributed by atoms with Crippen molar-refractivity contribution in [2.24, 2.45) is 0 Å². The zero-order valence-corrected chi connectivity index (χ0v) is 10.7. The molecule has 0 aliphatic rings. The van der Waals surface area contributed by atoms with Crippen LogP contribution >= 0.6 is 39.1 Å². The van der Waals surface area contributed by atoms with Gasteiger partial charge in [0.15, 0.2) is 0 Å². The van der Waals surface area contributed by atoms with Gasteiger partial charge in [0.05, 0.1) is 21.9 Å². The molecule has 0 amide bonds. The van der Waals surface area contributed by atoms with Crippen LogP contribution in [-0.2, 0) is 5.33 Å². The lowest BCUT2D eigenvalue weighted by molar-refractivity contribution is 0.880. The minimum absolute atomic E-state index is 0.593. The molecule has 1 aromatic carbocycles. The van der Waals surface area contributed by atoms with Crippen LogP contribution in [0.2, 0.25) is 10.0 Å². The van der Waals surface area contributed by atoms with Crippen LogP contribution in [0.1, 0.15) is 5.56 Å². The van der Waals surface area contributed by atoms with Gasteiger partial charge in [-0.05, 0) is 17.7 Å². The minimum Gasteiger partial charge on any atom is -0.238 e. The van der Waals surface area contributed by atoms with Crippen molar-refractivity contribution < 1.29 is 0 Å². The van der Waals surface area contributed by atoms with Gasteiger partial charge in [0.25, 0.3) is 0 Å². The predicted octanol–water partition coefficient (Wildman–Crippen LogP) is 4.07. The van der Waals surface area contributed by atoms with Gasteiger partial charge in [-0.15, -0.1) is 0 Å². The smallest absolute Gasteiger partial charge is 0.0832 e. The van der Waals surface area contributed by atoms with Crippen molar-refractivity contribution in [3.63, 3.8) is 0 Å². The van der Waals surface area contributed by atoms with Gasteiger partial charge in [-0.3, -0.25) is 0 Å². The van der Waals surface area contributed by atoms with E-state index in [1.807, 2.05) is 18.2 Å². The molecule has 2 rings (SSSR count). The van der Waals surface area contributed by atoms with E-state index in [4.69, 9.17) is 23.2 Å². The number of hydrogen-bond donors (Lipinski definition) is 0. The van der Waals surface area contributed by atoms with Crippen LogP contribution in [-0.4, -0.2) is 9.78 Å². The summed E-state index contributed by atoms with van der Waals surface area (Å²) in [6.45, 7) is 0. The van der Waals surface area contributed by atoms with Crippen molar-refractivity contribution in [2.45, 2.75) is 5.33 Å². The quantitative estimate of drug-likeness (QED) is 0.765. The van der Waals surface area contributed by atoms with Crippen molar-refractivity contribution in [2.75, 3.05) is 0 Å². The Balaban J connectivity index is 2.45. The number of rotatable bonds is 2. The Labute approximate surface area is 106 Å². The summed E-state index contributed by atoms with van der Waals surface area (Å²) >= 11 is 15.3. The summed E-state index contributed by atoms with van der Waals surface area (Å²) in [6.07, 6.45) is 3.30. The highest BCUT2D eigenvalue weighted by molar-refractivity contribution is 9.08. The Morgan fingerprint density at radius 3 is 2.67 bits per heavy atom. The van der Waals surface area contributed by atoms with Gasteiger partial charge >= 0.3 is 0 Å². The van der Waals surface area contributed by atoms with Crippen molar-refractivity contribution in [1.82, 2.24) is 9.78 Å². The minimum atomic E-state index is 0.593. The molecule has 0 N–H and O–H groups in total. The monoisotopic (exact) mass is 304 g/mol.